The van der Waals surface area contributed by atoms with E-state index >= 15 is 0 Å². The zero-order valence-corrected chi connectivity index (χ0v) is 11.5. The predicted octanol–water partition coefficient (Wildman–Crippen LogP) is 1.01. The molecule has 19 heavy (non-hydrogen) atoms. The molecular weight excluding hydrogens is 246 g/mol. The maximum atomic E-state index is 11.9. The topological polar surface area (TPSA) is 85.8 Å². The van der Waals surface area contributed by atoms with Crippen molar-refractivity contribution in [1.82, 2.24) is 25.4 Å². The zero-order valence-electron chi connectivity index (χ0n) is 11.5. The molecule has 1 amide bonds. The van der Waals surface area contributed by atoms with E-state index in [1.54, 1.807) is 6.92 Å². The summed E-state index contributed by atoms with van der Waals surface area (Å²) in [4.78, 5) is 11.9. The normalized spacial score (nSPS) is 12.4. The van der Waals surface area contributed by atoms with E-state index in [1.807, 2.05) is 31.5 Å². The quantitative estimate of drug-likeness (QED) is 0.889. The van der Waals surface area contributed by atoms with Crippen LogP contribution in [0.1, 0.15) is 34.5 Å². The van der Waals surface area contributed by atoms with Crippen molar-refractivity contribution >= 4 is 5.91 Å². The molecule has 0 aliphatic carbocycles. The van der Waals surface area contributed by atoms with Crippen LogP contribution in [0.15, 0.2) is 10.7 Å². The van der Waals surface area contributed by atoms with Crippen LogP contribution in [0.4, 0.5) is 0 Å². The molecule has 0 fully saturated rings. The Morgan fingerprint density at radius 3 is 2.68 bits per heavy atom. The van der Waals surface area contributed by atoms with Gasteiger partial charge in [0.15, 0.2) is 5.69 Å². The molecule has 102 valence electrons. The molecule has 7 nitrogen and oxygen atoms in total. The van der Waals surface area contributed by atoms with E-state index < -0.39 is 0 Å². The van der Waals surface area contributed by atoms with Crippen LogP contribution in [0.2, 0.25) is 0 Å². The second kappa shape index (κ2) is 5.21. The minimum Gasteiger partial charge on any atom is -0.346 e. The standard InChI is InChI=1S/C12H17N5O2/c1-7-5-9(3)17(14-7)6-8(2)13-12(18)11-10(4)15-19-16-11/h5,8H,6H2,1-4H3,(H,13,18). The minimum absolute atomic E-state index is 0.0680. The third kappa shape index (κ3) is 2.98. The third-order valence-corrected chi connectivity index (χ3v) is 2.80. The van der Waals surface area contributed by atoms with Gasteiger partial charge >= 0.3 is 0 Å². The Kier molecular flexibility index (Phi) is 3.64. The lowest BCUT2D eigenvalue weighted by Gasteiger charge is -2.14. The van der Waals surface area contributed by atoms with E-state index in [4.69, 9.17) is 0 Å². The molecule has 2 heterocycles. The number of nitrogens with zero attached hydrogens (tertiary/aromatic N) is 4. The summed E-state index contributed by atoms with van der Waals surface area (Å²) in [6, 6.07) is 1.93. The van der Waals surface area contributed by atoms with Gasteiger partial charge in [-0.25, -0.2) is 4.63 Å². The highest BCUT2D eigenvalue weighted by Gasteiger charge is 2.17. The largest absolute Gasteiger partial charge is 0.346 e. The van der Waals surface area contributed by atoms with Crippen molar-refractivity contribution in [3.8, 4) is 0 Å². The highest BCUT2D eigenvalue weighted by molar-refractivity contribution is 5.93. The highest BCUT2D eigenvalue weighted by Crippen LogP contribution is 2.04. The summed E-state index contributed by atoms with van der Waals surface area (Å²) in [5.41, 5.74) is 2.74. The highest BCUT2D eigenvalue weighted by atomic mass is 16.6. The summed E-state index contributed by atoms with van der Waals surface area (Å²) in [5.74, 6) is -0.284. The number of aryl methyl sites for hydroxylation is 3. The fraction of sp³-hybridized carbons (Fsp3) is 0.500. The Balaban J connectivity index is 1.98. The monoisotopic (exact) mass is 263 g/mol. The lowest BCUT2D eigenvalue weighted by molar-refractivity contribution is 0.0925. The molecule has 0 aliphatic rings. The van der Waals surface area contributed by atoms with Gasteiger partial charge in [-0.1, -0.05) is 5.16 Å². The zero-order chi connectivity index (χ0) is 14.0. The molecule has 2 rings (SSSR count). The van der Waals surface area contributed by atoms with Crippen molar-refractivity contribution in [2.45, 2.75) is 40.3 Å². The summed E-state index contributed by atoms with van der Waals surface area (Å²) in [5, 5.41) is 14.4. The second-order valence-electron chi connectivity index (χ2n) is 4.68. The molecule has 1 N–H and O–H groups in total. The van der Waals surface area contributed by atoms with Gasteiger partial charge in [-0.3, -0.25) is 9.48 Å². The lowest BCUT2D eigenvalue weighted by Crippen LogP contribution is -2.36. The molecule has 0 spiro atoms. The van der Waals surface area contributed by atoms with Gasteiger partial charge in [-0.2, -0.15) is 5.10 Å². The third-order valence-electron chi connectivity index (χ3n) is 2.80. The van der Waals surface area contributed by atoms with Crippen LogP contribution in [-0.4, -0.2) is 32.0 Å². The number of nitrogens with one attached hydrogen (secondary N) is 1. The van der Waals surface area contributed by atoms with E-state index in [2.05, 4.69) is 25.4 Å². The number of carbonyl (C=O) groups is 1. The first-order valence-corrected chi connectivity index (χ1v) is 6.08. The van der Waals surface area contributed by atoms with Crippen LogP contribution in [-0.2, 0) is 6.54 Å². The number of hydrogen-bond donors (Lipinski definition) is 1. The first kappa shape index (κ1) is 13.3. The van der Waals surface area contributed by atoms with Gasteiger partial charge in [0.25, 0.3) is 5.91 Å². The Morgan fingerprint density at radius 2 is 2.16 bits per heavy atom. The van der Waals surface area contributed by atoms with Crippen molar-refractivity contribution in [1.29, 1.82) is 0 Å². The van der Waals surface area contributed by atoms with Crippen molar-refractivity contribution in [3.63, 3.8) is 0 Å². The maximum Gasteiger partial charge on any atom is 0.275 e. The molecule has 0 bridgehead atoms. The molecule has 7 heteroatoms. The van der Waals surface area contributed by atoms with Gasteiger partial charge in [0.1, 0.15) is 5.69 Å². The Bertz CT molecular complexity index is 587. The second-order valence-corrected chi connectivity index (χ2v) is 4.68. The van der Waals surface area contributed by atoms with Crippen LogP contribution in [0.5, 0.6) is 0 Å². The van der Waals surface area contributed by atoms with Crippen LogP contribution in [0, 0.1) is 20.8 Å². The predicted molar refractivity (Wildman–Crippen MR) is 67.7 cm³/mol. The van der Waals surface area contributed by atoms with Crippen LogP contribution in [0.25, 0.3) is 0 Å². The van der Waals surface area contributed by atoms with E-state index in [9.17, 15) is 4.79 Å². The van der Waals surface area contributed by atoms with E-state index in [-0.39, 0.29) is 17.6 Å². The molecule has 0 aromatic carbocycles. The van der Waals surface area contributed by atoms with Gasteiger partial charge in [0.05, 0.1) is 12.2 Å². The molecule has 2 aromatic rings. The number of amides is 1. The number of hydrogen-bond acceptors (Lipinski definition) is 5. The fourth-order valence-corrected chi connectivity index (χ4v) is 1.89. The fourth-order valence-electron chi connectivity index (χ4n) is 1.89. The van der Waals surface area contributed by atoms with Crippen molar-refractivity contribution in [2.24, 2.45) is 0 Å². The number of carbonyl (C=O) groups excluding carboxylic acids is 1. The van der Waals surface area contributed by atoms with Gasteiger partial charge in [-0.15, -0.1) is 0 Å². The molecule has 0 radical (unpaired) electrons. The number of aromatic nitrogens is 4. The Morgan fingerprint density at radius 1 is 1.42 bits per heavy atom. The number of rotatable bonds is 4. The van der Waals surface area contributed by atoms with Gasteiger partial charge in [-0.05, 0) is 38.9 Å². The van der Waals surface area contributed by atoms with Crippen LogP contribution >= 0.6 is 0 Å². The lowest BCUT2D eigenvalue weighted by atomic mass is 10.2. The van der Waals surface area contributed by atoms with Crippen LogP contribution in [0.3, 0.4) is 0 Å². The summed E-state index contributed by atoms with van der Waals surface area (Å²) in [7, 11) is 0. The molecule has 0 saturated heterocycles. The average molecular weight is 263 g/mol. The Labute approximate surface area is 110 Å². The first-order valence-electron chi connectivity index (χ1n) is 6.08. The van der Waals surface area contributed by atoms with E-state index in [0.29, 0.717) is 12.2 Å². The summed E-state index contributed by atoms with van der Waals surface area (Å²) >= 11 is 0. The smallest absolute Gasteiger partial charge is 0.275 e. The van der Waals surface area contributed by atoms with Crippen LogP contribution < -0.4 is 5.32 Å². The molecule has 2 aromatic heterocycles. The van der Waals surface area contributed by atoms with Crippen molar-refractivity contribution in [3.05, 3.63) is 28.8 Å². The molecule has 1 unspecified atom stereocenters. The Hall–Kier alpha value is -2.18. The summed E-state index contributed by atoms with van der Waals surface area (Å²) in [6.07, 6.45) is 0. The van der Waals surface area contributed by atoms with Gasteiger partial charge in [0.2, 0.25) is 0 Å². The van der Waals surface area contributed by atoms with Gasteiger partial charge < -0.3 is 5.32 Å². The SMILES string of the molecule is Cc1cc(C)n(CC(C)NC(=O)c2nonc2C)n1. The van der Waals surface area contributed by atoms with E-state index in [1.165, 1.54) is 0 Å². The molecule has 0 aliphatic heterocycles. The van der Waals surface area contributed by atoms with Gasteiger partial charge in [0, 0.05) is 11.7 Å². The van der Waals surface area contributed by atoms with Crippen molar-refractivity contribution < 1.29 is 9.42 Å². The summed E-state index contributed by atoms with van der Waals surface area (Å²) in [6.45, 7) is 8.13. The van der Waals surface area contributed by atoms with E-state index in [0.717, 1.165) is 11.4 Å². The average Bonchev–Trinajstić information content (AvgIpc) is 2.85. The minimum atomic E-state index is -0.284. The molecule has 1 atom stereocenters. The molecular formula is C12H17N5O2. The maximum absolute atomic E-state index is 11.9. The van der Waals surface area contributed by atoms with Crippen molar-refractivity contribution in [2.75, 3.05) is 0 Å². The first-order chi connectivity index (χ1) is 8.97. The molecule has 0 saturated carbocycles. The summed E-state index contributed by atoms with van der Waals surface area (Å²) < 4.78 is 6.38.